The lowest BCUT2D eigenvalue weighted by Crippen LogP contribution is -2.64. The number of carbonyl (C=O) groups is 2. The Morgan fingerprint density at radius 1 is 0.897 bits per heavy atom. The summed E-state index contributed by atoms with van der Waals surface area (Å²) in [6, 6.07) is 9.88. The molecule has 0 spiro atoms. The van der Waals surface area contributed by atoms with Gasteiger partial charge in [-0.3, -0.25) is 14.5 Å². The van der Waals surface area contributed by atoms with E-state index in [1.807, 2.05) is 0 Å². The Morgan fingerprint density at radius 2 is 1.59 bits per heavy atom. The summed E-state index contributed by atoms with van der Waals surface area (Å²) in [5, 5.41) is 2.58. The molecule has 202 valence electrons. The van der Waals surface area contributed by atoms with Gasteiger partial charge in [0.05, 0.1) is 5.56 Å². The summed E-state index contributed by atoms with van der Waals surface area (Å²) in [7, 11) is 0. The highest BCUT2D eigenvalue weighted by atomic mass is 32.1. The highest BCUT2D eigenvalue weighted by Crippen LogP contribution is 2.36. The molecule has 0 radical (unpaired) electrons. The van der Waals surface area contributed by atoms with Crippen molar-refractivity contribution in [1.82, 2.24) is 19.7 Å². The maximum absolute atomic E-state index is 15.2. The van der Waals surface area contributed by atoms with E-state index in [9.17, 15) is 22.8 Å². The van der Waals surface area contributed by atoms with Crippen molar-refractivity contribution >= 4 is 44.6 Å². The van der Waals surface area contributed by atoms with Gasteiger partial charge in [-0.2, -0.15) is 13.2 Å². The molecule has 2 fully saturated rings. The summed E-state index contributed by atoms with van der Waals surface area (Å²) in [6.07, 6.45) is -2.80. The first kappa shape index (κ1) is 25.9. The molecule has 12 heteroatoms. The van der Waals surface area contributed by atoms with Crippen molar-refractivity contribution in [2.24, 2.45) is 0 Å². The number of alkyl halides is 3. The van der Waals surface area contributed by atoms with E-state index in [-0.39, 0.29) is 22.7 Å². The van der Waals surface area contributed by atoms with E-state index in [2.05, 4.69) is 9.88 Å². The van der Waals surface area contributed by atoms with E-state index in [1.54, 1.807) is 39.6 Å². The second-order valence-corrected chi connectivity index (χ2v) is 11.5. The number of thiazole rings is 1. The molecule has 6 rings (SSSR count). The third kappa shape index (κ3) is 4.92. The lowest BCUT2D eigenvalue weighted by atomic mass is 10.0. The average molecular weight is 575 g/mol. The first-order valence-electron chi connectivity index (χ1n) is 12.3. The lowest BCUT2D eigenvalue weighted by Gasteiger charge is -2.47. The van der Waals surface area contributed by atoms with E-state index >= 15 is 4.39 Å². The zero-order valence-electron chi connectivity index (χ0n) is 20.4. The van der Waals surface area contributed by atoms with Crippen LogP contribution in [-0.2, 0) is 6.18 Å². The number of halogens is 4. The molecule has 0 N–H and O–H groups in total. The van der Waals surface area contributed by atoms with E-state index in [4.69, 9.17) is 0 Å². The van der Waals surface area contributed by atoms with Crippen LogP contribution < -0.4 is 0 Å². The van der Waals surface area contributed by atoms with Gasteiger partial charge in [0.25, 0.3) is 11.8 Å². The molecule has 2 aliphatic rings. The largest absolute Gasteiger partial charge is 0.416 e. The van der Waals surface area contributed by atoms with E-state index in [1.165, 1.54) is 23.5 Å². The third-order valence-electron chi connectivity index (χ3n) is 7.25. The summed E-state index contributed by atoms with van der Waals surface area (Å²) in [5.41, 5.74) is 0.486. The number of aromatic nitrogens is 1. The molecule has 0 aliphatic carbocycles. The van der Waals surface area contributed by atoms with Crippen LogP contribution in [0.1, 0.15) is 25.0 Å². The number of hydrogen-bond acceptors (Lipinski definition) is 6. The number of fused-ring (bicyclic) bond motifs is 1. The molecule has 2 aromatic carbocycles. The van der Waals surface area contributed by atoms with Gasteiger partial charge >= 0.3 is 6.18 Å². The molecule has 2 saturated heterocycles. The first-order valence-corrected chi connectivity index (χ1v) is 14.0. The molecule has 6 nitrogen and oxygen atoms in total. The first-order chi connectivity index (χ1) is 18.7. The summed E-state index contributed by atoms with van der Waals surface area (Å²) in [5.74, 6) is -0.993. The Bertz CT molecular complexity index is 1520. The SMILES string of the molecule is O=C(c1nccs1)N1CCN(C2CN(C(=O)c3sc4cc(-c5ccc(C(F)(F)F)cc5)ccc4c3F)C2)CC1. The monoisotopic (exact) mass is 574 g/mol. The van der Waals surface area contributed by atoms with Crippen LogP contribution in [0.15, 0.2) is 54.0 Å². The van der Waals surface area contributed by atoms with Crippen LogP contribution >= 0.6 is 22.7 Å². The molecule has 0 saturated carbocycles. The van der Waals surface area contributed by atoms with Gasteiger partial charge in [-0.1, -0.05) is 18.2 Å². The number of amides is 2. The van der Waals surface area contributed by atoms with Crippen LogP contribution in [-0.4, -0.2) is 76.8 Å². The van der Waals surface area contributed by atoms with Gasteiger partial charge in [0, 0.05) is 67.0 Å². The molecule has 0 unspecified atom stereocenters. The van der Waals surface area contributed by atoms with Crippen LogP contribution in [0.5, 0.6) is 0 Å². The fourth-order valence-electron chi connectivity index (χ4n) is 4.98. The normalized spacial score (nSPS) is 17.0. The molecule has 4 heterocycles. The summed E-state index contributed by atoms with van der Waals surface area (Å²) in [6.45, 7) is 3.57. The van der Waals surface area contributed by atoms with E-state index < -0.39 is 17.6 Å². The third-order valence-corrected chi connectivity index (χ3v) is 9.13. The molecular formula is C27H22F4N4O2S2. The Hall–Kier alpha value is -3.35. The second kappa shape index (κ2) is 10.00. The maximum atomic E-state index is 15.2. The van der Waals surface area contributed by atoms with Gasteiger partial charge in [-0.05, 0) is 35.4 Å². The number of nitrogens with zero attached hydrogens (tertiary/aromatic N) is 4. The highest BCUT2D eigenvalue weighted by molar-refractivity contribution is 7.20. The van der Waals surface area contributed by atoms with Crippen molar-refractivity contribution in [3.05, 3.63) is 75.3 Å². The molecular weight excluding hydrogens is 552 g/mol. The zero-order chi connectivity index (χ0) is 27.3. The number of likely N-dealkylation sites (tertiary alicyclic amines) is 1. The second-order valence-electron chi connectivity index (χ2n) is 9.56. The topological polar surface area (TPSA) is 56.8 Å². The zero-order valence-corrected chi connectivity index (χ0v) is 22.1. The van der Waals surface area contributed by atoms with Crippen molar-refractivity contribution < 1.29 is 27.2 Å². The molecule has 39 heavy (non-hydrogen) atoms. The smallest absolute Gasteiger partial charge is 0.335 e. The van der Waals surface area contributed by atoms with Crippen LogP contribution in [0.25, 0.3) is 21.2 Å². The number of hydrogen-bond donors (Lipinski definition) is 0. The molecule has 0 bridgehead atoms. The fourth-order valence-corrected chi connectivity index (χ4v) is 6.68. The molecule has 4 aromatic rings. The average Bonchev–Trinajstić information content (AvgIpc) is 3.56. The minimum atomic E-state index is -4.42. The number of piperazine rings is 1. The van der Waals surface area contributed by atoms with E-state index in [0.717, 1.165) is 23.5 Å². The number of thiophene rings is 1. The Balaban J connectivity index is 1.09. The van der Waals surface area contributed by atoms with Crippen LogP contribution in [0, 0.1) is 5.82 Å². The minimum absolute atomic E-state index is 0.0342. The van der Waals surface area contributed by atoms with Crippen molar-refractivity contribution in [1.29, 1.82) is 0 Å². The standard InChI is InChI=1S/C27H22F4N4O2S2/c28-22-20-6-3-17(16-1-4-18(5-2-16)27(29,30)31)13-21(20)39-23(22)25(36)35-14-19(15-35)33-8-10-34(11-9-33)26(37)24-32-7-12-38-24/h1-7,12-13,19H,8-11,14-15H2. The molecule has 2 aromatic heterocycles. The quantitative estimate of drug-likeness (QED) is 0.304. The Labute approximate surface area is 229 Å². The predicted molar refractivity (Wildman–Crippen MR) is 142 cm³/mol. The number of benzene rings is 2. The van der Waals surface area contributed by atoms with Crippen molar-refractivity contribution in [3.63, 3.8) is 0 Å². The van der Waals surface area contributed by atoms with Gasteiger partial charge in [-0.25, -0.2) is 9.37 Å². The Kier molecular flexibility index (Phi) is 6.64. The lowest BCUT2D eigenvalue weighted by molar-refractivity contribution is -0.137. The Morgan fingerprint density at radius 3 is 2.23 bits per heavy atom. The van der Waals surface area contributed by atoms with Crippen LogP contribution in [0.3, 0.4) is 0 Å². The fraction of sp³-hybridized carbons (Fsp3) is 0.296. The van der Waals surface area contributed by atoms with Crippen LogP contribution in [0.4, 0.5) is 17.6 Å². The predicted octanol–water partition coefficient (Wildman–Crippen LogP) is 5.47. The van der Waals surface area contributed by atoms with Gasteiger partial charge in [0.1, 0.15) is 4.88 Å². The van der Waals surface area contributed by atoms with Crippen molar-refractivity contribution in [2.75, 3.05) is 39.3 Å². The van der Waals surface area contributed by atoms with E-state index in [0.29, 0.717) is 65.5 Å². The summed E-state index contributed by atoms with van der Waals surface area (Å²) < 4.78 is 54.4. The van der Waals surface area contributed by atoms with Gasteiger partial charge in [0.2, 0.25) is 0 Å². The minimum Gasteiger partial charge on any atom is -0.335 e. The molecule has 0 atom stereocenters. The maximum Gasteiger partial charge on any atom is 0.416 e. The number of carbonyl (C=O) groups excluding carboxylic acids is 2. The van der Waals surface area contributed by atoms with Crippen molar-refractivity contribution in [3.8, 4) is 11.1 Å². The molecule has 2 aliphatic heterocycles. The van der Waals surface area contributed by atoms with Gasteiger partial charge in [-0.15, -0.1) is 22.7 Å². The van der Waals surface area contributed by atoms with Crippen LogP contribution in [0.2, 0.25) is 0 Å². The summed E-state index contributed by atoms with van der Waals surface area (Å²) in [4.78, 5) is 35.4. The van der Waals surface area contributed by atoms with Gasteiger partial charge in [0.15, 0.2) is 10.8 Å². The highest BCUT2D eigenvalue weighted by Gasteiger charge is 2.38. The van der Waals surface area contributed by atoms with Crippen molar-refractivity contribution in [2.45, 2.75) is 12.2 Å². The number of rotatable bonds is 4. The van der Waals surface area contributed by atoms with Gasteiger partial charge < -0.3 is 9.80 Å². The molecule has 2 amide bonds. The summed E-state index contributed by atoms with van der Waals surface area (Å²) >= 11 is 2.38.